The minimum atomic E-state index is -4.61. The quantitative estimate of drug-likeness (QED) is 0.796. The molecule has 2 unspecified atom stereocenters. The molecular formula is C17H16ClF3N4O. The van der Waals surface area contributed by atoms with Crippen molar-refractivity contribution >= 4 is 17.4 Å². The maximum Gasteiger partial charge on any atom is 0.417 e. The molecule has 138 valence electrons. The summed E-state index contributed by atoms with van der Waals surface area (Å²) in [5.74, 6) is -2.56. The maximum absolute atomic E-state index is 12.8. The highest BCUT2D eigenvalue weighted by molar-refractivity contribution is 6.31. The fourth-order valence-corrected chi connectivity index (χ4v) is 3.16. The molecule has 0 bridgehead atoms. The molecule has 0 aliphatic carbocycles. The van der Waals surface area contributed by atoms with Crippen LogP contribution in [-0.4, -0.2) is 20.5 Å². The van der Waals surface area contributed by atoms with E-state index in [1.54, 1.807) is 32.5 Å². The van der Waals surface area contributed by atoms with Gasteiger partial charge in [-0.05, 0) is 19.9 Å². The number of carbonyl (C=O) groups excluding carboxylic acids is 1. The molecule has 2 aromatic rings. The Morgan fingerprint density at radius 1 is 1.38 bits per heavy atom. The highest BCUT2D eigenvalue weighted by atomic mass is 35.5. The monoisotopic (exact) mass is 384 g/mol. The predicted molar refractivity (Wildman–Crippen MR) is 88.7 cm³/mol. The first-order valence-corrected chi connectivity index (χ1v) is 8.02. The van der Waals surface area contributed by atoms with E-state index >= 15 is 0 Å². The fourth-order valence-electron chi connectivity index (χ4n) is 2.88. The van der Waals surface area contributed by atoms with Crippen molar-refractivity contribution in [1.29, 1.82) is 5.26 Å². The molecule has 2 atom stereocenters. The number of alkyl halides is 3. The number of Topliss-reactive ketones (excluding diaryl/α,β-unsaturated/α-hetero) is 1. The topological polar surface area (TPSA) is 71.6 Å². The second kappa shape index (κ2) is 7.08. The molecule has 0 saturated heterocycles. The Bertz CT molecular complexity index is 899. The zero-order valence-corrected chi connectivity index (χ0v) is 15.3. The van der Waals surface area contributed by atoms with E-state index < -0.39 is 29.4 Å². The molecule has 9 heteroatoms. The number of halogens is 4. The number of aryl methyl sites for hydroxylation is 2. The van der Waals surface area contributed by atoms with Crippen LogP contribution in [0.25, 0.3) is 0 Å². The molecule has 2 aromatic heterocycles. The lowest BCUT2D eigenvalue weighted by Gasteiger charge is -2.17. The van der Waals surface area contributed by atoms with Crippen LogP contribution in [0.4, 0.5) is 13.2 Å². The Morgan fingerprint density at radius 2 is 2.00 bits per heavy atom. The van der Waals surface area contributed by atoms with E-state index in [1.165, 1.54) is 0 Å². The average molecular weight is 385 g/mol. The van der Waals surface area contributed by atoms with Crippen LogP contribution in [0.15, 0.2) is 12.3 Å². The number of ketones is 1. The van der Waals surface area contributed by atoms with Crippen molar-refractivity contribution in [3.05, 3.63) is 45.5 Å². The van der Waals surface area contributed by atoms with Crippen LogP contribution in [0.1, 0.15) is 47.0 Å². The molecule has 26 heavy (non-hydrogen) atoms. The lowest BCUT2D eigenvalue weighted by atomic mass is 9.86. The summed E-state index contributed by atoms with van der Waals surface area (Å²) in [6.45, 7) is 5.17. The average Bonchev–Trinajstić information content (AvgIpc) is 2.80. The van der Waals surface area contributed by atoms with Crippen LogP contribution in [0.2, 0.25) is 5.02 Å². The Balaban J connectivity index is 2.42. The van der Waals surface area contributed by atoms with E-state index in [0.717, 1.165) is 5.69 Å². The Hall–Kier alpha value is -2.40. The van der Waals surface area contributed by atoms with E-state index in [4.69, 9.17) is 11.6 Å². The molecule has 0 aliphatic rings. The summed E-state index contributed by atoms with van der Waals surface area (Å²) >= 11 is 5.89. The van der Waals surface area contributed by atoms with Crippen LogP contribution in [0.5, 0.6) is 0 Å². The van der Waals surface area contributed by atoms with E-state index in [-0.39, 0.29) is 10.7 Å². The van der Waals surface area contributed by atoms with Gasteiger partial charge in [-0.1, -0.05) is 18.5 Å². The number of nitrogens with zero attached hydrogens (tertiary/aromatic N) is 4. The summed E-state index contributed by atoms with van der Waals surface area (Å²) < 4.78 is 39.9. The van der Waals surface area contributed by atoms with Gasteiger partial charge < -0.3 is 0 Å². The van der Waals surface area contributed by atoms with Gasteiger partial charge in [0.05, 0.1) is 28.0 Å². The van der Waals surface area contributed by atoms with Gasteiger partial charge in [0, 0.05) is 30.4 Å². The van der Waals surface area contributed by atoms with Crippen molar-refractivity contribution in [3.63, 3.8) is 0 Å². The maximum atomic E-state index is 12.8. The van der Waals surface area contributed by atoms with E-state index in [0.29, 0.717) is 23.5 Å². The van der Waals surface area contributed by atoms with Gasteiger partial charge in [0.15, 0.2) is 5.78 Å². The first kappa shape index (κ1) is 19.9. The van der Waals surface area contributed by atoms with Crippen molar-refractivity contribution in [1.82, 2.24) is 14.8 Å². The first-order valence-electron chi connectivity index (χ1n) is 7.65. The fraction of sp³-hybridized carbons (Fsp3) is 0.412. The summed E-state index contributed by atoms with van der Waals surface area (Å²) in [6.07, 6.45) is -4.04. The van der Waals surface area contributed by atoms with Gasteiger partial charge in [-0.2, -0.15) is 23.5 Å². The molecule has 0 fully saturated rings. The smallest absolute Gasteiger partial charge is 0.297 e. The van der Waals surface area contributed by atoms with Crippen molar-refractivity contribution in [2.24, 2.45) is 7.05 Å². The molecule has 0 amide bonds. The summed E-state index contributed by atoms with van der Waals surface area (Å²) in [4.78, 5) is 16.5. The van der Waals surface area contributed by atoms with E-state index in [9.17, 15) is 23.2 Å². The van der Waals surface area contributed by atoms with Gasteiger partial charge in [0.2, 0.25) is 0 Å². The number of pyridine rings is 1. The molecule has 2 rings (SSSR count). The van der Waals surface area contributed by atoms with Crippen molar-refractivity contribution < 1.29 is 18.0 Å². The van der Waals surface area contributed by atoms with Crippen LogP contribution in [0, 0.1) is 25.2 Å². The molecule has 5 nitrogen and oxygen atoms in total. The molecule has 0 aliphatic heterocycles. The van der Waals surface area contributed by atoms with Crippen molar-refractivity contribution in [2.45, 2.75) is 38.8 Å². The summed E-state index contributed by atoms with van der Waals surface area (Å²) in [5.41, 5.74) is 0.877. The zero-order valence-electron chi connectivity index (χ0n) is 14.5. The summed E-state index contributed by atoms with van der Waals surface area (Å²) in [7, 11) is 1.74. The third-order valence-corrected chi connectivity index (χ3v) is 4.61. The van der Waals surface area contributed by atoms with Gasteiger partial charge in [-0.3, -0.25) is 14.5 Å². The van der Waals surface area contributed by atoms with Crippen LogP contribution in [0.3, 0.4) is 0 Å². The van der Waals surface area contributed by atoms with Crippen molar-refractivity contribution in [3.8, 4) is 6.07 Å². The number of hydrogen-bond acceptors (Lipinski definition) is 4. The Kier molecular flexibility index (Phi) is 5.42. The lowest BCUT2D eigenvalue weighted by Crippen LogP contribution is -2.20. The molecule has 0 N–H and O–H groups in total. The zero-order chi connectivity index (χ0) is 19.8. The molecular weight excluding hydrogens is 369 g/mol. The third kappa shape index (κ3) is 3.58. The summed E-state index contributed by atoms with van der Waals surface area (Å²) in [5, 5.41) is 13.3. The minimum absolute atomic E-state index is 0.182. The third-order valence-electron chi connectivity index (χ3n) is 4.31. The van der Waals surface area contributed by atoms with Crippen LogP contribution in [-0.2, 0) is 18.0 Å². The van der Waals surface area contributed by atoms with Gasteiger partial charge in [-0.25, -0.2) is 0 Å². The molecule has 0 saturated carbocycles. The number of hydrogen-bond donors (Lipinski definition) is 0. The number of carbonyl (C=O) groups is 1. The predicted octanol–water partition coefficient (Wildman–Crippen LogP) is 4.08. The van der Waals surface area contributed by atoms with Gasteiger partial charge in [-0.15, -0.1) is 0 Å². The largest absolute Gasteiger partial charge is 0.417 e. The molecule has 0 aromatic carbocycles. The Morgan fingerprint density at radius 3 is 2.42 bits per heavy atom. The Labute approximate surface area is 153 Å². The van der Waals surface area contributed by atoms with E-state index in [2.05, 4.69) is 10.1 Å². The summed E-state index contributed by atoms with van der Waals surface area (Å²) in [6, 6.07) is 2.48. The molecule has 0 radical (unpaired) electrons. The highest BCUT2D eigenvalue weighted by Crippen LogP contribution is 2.35. The minimum Gasteiger partial charge on any atom is -0.297 e. The first-order chi connectivity index (χ1) is 12.0. The number of rotatable bonds is 4. The number of aromatic nitrogens is 3. The normalized spacial score (nSPS) is 14.0. The number of nitriles is 1. The van der Waals surface area contributed by atoms with Gasteiger partial charge in [0.25, 0.3) is 0 Å². The van der Waals surface area contributed by atoms with Gasteiger partial charge in [0.1, 0.15) is 5.92 Å². The standard InChI is InChI=1S/C17H16ClF3N4O/c1-8(14-9(2)24-25(4)10(14)3)16(26)12(6-22)15-13(18)5-11(7-23-15)17(19,20)21/h5,7-8,12H,1-4H3. The van der Waals surface area contributed by atoms with Crippen molar-refractivity contribution in [2.75, 3.05) is 0 Å². The SMILES string of the molecule is Cc1nn(C)c(C)c1C(C)C(=O)C(C#N)c1ncc(C(F)(F)F)cc1Cl. The lowest BCUT2D eigenvalue weighted by molar-refractivity contribution is -0.137. The van der Waals surface area contributed by atoms with Crippen LogP contribution < -0.4 is 0 Å². The molecule has 2 heterocycles. The highest BCUT2D eigenvalue weighted by Gasteiger charge is 2.35. The van der Waals surface area contributed by atoms with E-state index in [1.807, 2.05) is 6.07 Å². The van der Waals surface area contributed by atoms with Gasteiger partial charge >= 0.3 is 6.18 Å². The second-order valence-electron chi connectivity index (χ2n) is 5.98. The van der Waals surface area contributed by atoms with Crippen LogP contribution >= 0.6 is 11.6 Å². The second-order valence-corrected chi connectivity index (χ2v) is 6.39. The molecule has 0 spiro atoms.